The van der Waals surface area contributed by atoms with Crippen LogP contribution in [0.15, 0.2) is 28.9 Å². The minimum Gasteiger partial charge on any atom is -0.349 e. The second-order valence-corrected chi connectivity index (χ2v) is 14.0. The molecule has 3 N–H and O–H groups in total. The van der Waals surface area contributed by atoms with E-state index >= 15 is 0 Å². The number of aromatic amines is 1. The van der Waals surface area contributed by atoms with Gasteiger partial charge in [0.05, 0.1) is 10.5 Å². The number of carbonyl (C=O) groups is 3. The normalized spacial score (nSPS) is 34.3. The van der Waals surface area contributed by atoms with Gasteiger partial charge in [0.25, 0.3) is 11.8 Å². The molecule has 5 aliphatic rings. The minimum atomic E-state index is -2.02. The molecular weight excluding hydrogens is 602 g/mol. The molecule has 0 saturated carbocycles. The predicted octanol–water partition coefficient (Wildman–Crippen LogP) is 2.80. The van der Waals surface area contributed by atoms with Crippen molar-refractivity contribution in [1.82, 2.24) is 25.0 Å². The van der Waals surface area contributed by atoms with E-state index in [1.165, 1.54) is 15.8 Å². The number of nitrogens with zero attached hydrogens (tertiary/aromatic N) is 3. The van der Waals surface area contributed by atoms with Crippen molar-refractivity contribution in [3.05, 3.63) is 40.0 Å². The number of rotatable bonds is 4. The maximum absolute atomic E-state index is 14.4. The number of aliphatic hydroxyl groups is 1. The van der Waals surface area contributed by atoms with E-state index in [-0.39, 0.29) is 23.8 Å². The molecule has 42 heavy (non-hydrogen) atoms. The van der Waals surface area contributed by atoms with Crippen LogP contribution < -0.4 is 5.32 Å². The fourth-order valence-electron chi connectivity index (χ4n) is 8.02. The molecular formula is C31H38BrN5O5. The highest BCUT2D eigenvalue weighted by molar-refractivity contribution is 9.10. The molecule has 0 spiro atoms. The summed E-state index contributed by atoms with van der Waals surface area (Å²) < 4.78 is 7.40. The molecule has 5 heterocycles. The van der Waals surface area contributed by atoms with Crippen LogP contribution in [0.2, 0.25) is 0 Å². The number of likely N-dealkylation sites (N-methyl/N-ethyl adjacent to an activating group) is 1. The van der Waals surface area contributed by atoms with Gasteiger partial charge in [0.1, 0.15) is 12.1 Å². The summed E-state index contributed by atoms with van der Waals surface area (Å²) in [6.07, 6.45) is 4.08. The Morgan fingerprint density at radius 3 is 2.71 bits per heavy atom. The number of carbonyl (C=O) groups excluding carboxylic acids is 3. The van der Waals surface area contributed by atoms with E-state index in [0.29, 0.717) is 25.9 Å². The predicted molar refractivity (Wildman–Crippen MR) is 160 cm³/mol. The topological polar surface area (TPSA) is 118 Å². The minimum absolute atomic E-state index is 0.114. The van der Waals surface area contributed by atoms with E-state index in [9.17, 15) is 19.5 Å². The van der Waals surface area contributed by atoms with E-state index in [4.69, 9.17) is 4.74 Å². The lowest BCUT2D eigenvalue weighted by atomic mass is 9.79. The average Bonchev–Trinajstić information content (AvgIpc) is 3.61. The number of benzene rings is 1. The van der Waals surface area contributed by atoms with Crippen molar-refractivity contribution in [3.8, 4) is 0 Å². The summed E-state index contributed by atoms with van der Waals surface area (Å²) in [5.41, 5.74) is 2.67. The number of ether oxygens (including phenoxy) is 1. The molecule has 3 fully saturated rings. The molecule has 1 aromatic carbocycles. The van der Waals surface area contributed by atoms with Crippen LogP contribution in [-0.4, -0.2) is 92.4 Å². The third kappa shape index (κ3) is 3.63. The van der Waals surface area contributed by atoms with E-state index in [0.717, 1.165) is 27.7 Å². The van der Waals surface area contributed by atoms with Gasteiger partial charge in [0, 0.05) is 36.0 Å². The van der Waals surface area contributed by atoms with Gasteiger partial charge < -0.3 is 20.3 Å². The molecule has 3 amide bonds. The van der Waals surface area contributed by atoms with Crippen LogP contribution >= 0.6 is 15.9 Å². The van der Waals surface area contributed by atoms with Crippen LogP contribution in [-0.2, 0) is 25.5 Å². The molecule has 2 aromatic rings. The van der Waals surface area contributed by atoms with Gasteiger partial charge >= 0.3 is 0 Å². The first-order valence-electron chi connectivity index (χ1n) is 15.0. The van der Waals surface area contributed by atoms with Gasteiger partial charge in [-0.25, -0.2) is 0 Å². The number of piperazine rings is 1. The number of amides is 3. The summed E-state index contributed by atoms with van der Waals surface area (Å²) in [5.74, 6) is -4.41. The Morgan fingerprint density at radius 2 is 2.00 bits per heavy atom. The van der Waals surface area contributed by atoms with Gasteiger partial charge in [-0.1, -0.05) is 45.9 Å². The lowest BCUT2D eigenvalue weighted by molar-refractivity contribution is -0.323. The van der Waals surface area contributed by atoms with Gasteiger partial charge in [0.15, 0.2) is 0 Å². The van der Waals surface area contributed by atoms with E-state index < -0.39 is 41.5 Å². The molecule has 4 aliphatic heterocycles. The van der Waals surface area contributed by atoms with Crippen LogP contribution in [0.5, 0.6) is 0 Å². The van der Waals surface area contributed by atoms with Gasteiger partial charge in [-0.15, -0.1) is 0 Å². The fourth-order valence-corrected chi connectivity index (χ4v) is 8.59. The third-order valence-corrected chi connectivity index (χ3v) is 10.8. The van der Waals surface area contributed by atoms with Crippen LogP contribution in [0, 0.1) is 17.8 Å². The SMILES string of the molecule is CC(C)[C@H]1C(=O)N2CCC[C@H]2[C@]2(O)O[C@](NC(=O)[C@@H]3C=C4c5cccc6[nH]c(Br)c(c56)C[C@H]4N(C)C3)(C(C)C)C(=O)N12. The molecule has 7 rings (SSSR count). The summed E-state index contributed by atoms with van der Waals surface area (Å²) in [4.78, 5) is 50.5. The van der Waals surface area contributed by atoms with Gasteiger partial charge in [-0.2, -0.15) is 0 Å². The molecule has 1 aromatic heterocycles. The molecule has 224 valence electrons. The van der Waals surface area contributed by atoms with Gasteiger partial charge in [0.2, 0.25) is 17.5 Å². The van der Waals surface area contributed by atoms with Crippen molar-refractivity contribution in [2.75, 3.05) is 20.1 Å². The lowest BCUT2D eigenvalue weighted by Crippen LogP contribution is -2.72. The third-order valence-electron chi connectivity index (χ3n) is 10.1. The number of nitrogens with one attached hydrogen (secondary N) is 2. The van der Waals surface area contributed by atoms with Crippen molar-refractivity contribution >= 4 is 50.1 Å². The van der Waals surface area contributed by atoms with Gasteiger partial charge in [-0.3, -0.25) is 28.9 Å². The molecule has 3 saturated heterocycles. The largest absolute Gasteiger partial charge is 0.349 e. The van der Waals surface area contributed by atoms with Crippen LogP contribution in [0.1, 0.15) is 51.7 Å². The Kier molecular flexibility index (Phi) is 6.27. The summed E-state index contributed by atoms with van der Waals surface area (Å²) >= 11 is 3.70. The Morgan fingerprint density at radius 1 is 1.24 bits per heavy atom. The number of H-pyrrole nitrogens is 1. The standard InChI is InChI=1S/C31H38BrN5O5/c1-15(2)25-28(39)36-11-7-10-23(36)31(41)37(25)29(40)30(42-31,16(3)4)34-27(38)17-12-19-18-8-6-9-21-24(18)20(26(32)33-21)13-22(19)35(5)14-17/h6,8-9,12,15-17,22-23,25,33,41H,7,10-11,13-14H2,1-5H3,(H,34,38)/t17-,22-,23+,25+,30-,31+/m1/s1. The molecule has 11 heteroatoms. The summed E-state index contributed by atoms with van der Waals surface area (Å²) in [6, 6.07) is 4.73. The highest BCUT2D eigenvalue weighted by Gasteiger charge is 2.72. The number of fused-ring (bicyclic) bond motifs is 5. The average molecular weight is 641 g/mol. The number of hydrogen-bond donors (Lipinski definition) is 3. The first-order valence-corrected chi connectivity index (χ1v) is 15.8. The van der Waals surface area contributed by atoms with Crippen LogP contribution in [0.4, 0.5) is 0 Å². The monoisotopic (exact) mass is 639 g/mol. The fraction of sp³-hybridized carbons (Fsp3) is 0.581. The highest BCUT2D eigenvalue weighted by Crippen LogP contribution is 2.49. The number of halogens is 1. The van der Waals surface area contributed by atoms with Crippen LogP contribution in [0.25, 0.3) is 16.5 Å². The van der Waals surface area contributed by atoms with E-state index in [2.05, 4.69) is 43.3 Å². The summed E-state index contributed by atoms with van der Waals surface area (Å²) in [6.45, 7) is 8.30. The zero-order valence-electron chi connectivity index (χ0n) is 24.6. The second-order valence-electron chi connectivity index (χ2n) is 13.2. The summed E-state index contributed by atoms with van der Waals surface area (Å²) in [5, 5.41) is 16.2. The van der Waals surface area contributed by atoms with Crippen molar-refractivity contribution in [2.45, 2.75) is 76.7 Å². The zero-order valence-corrected chi connectivity index (χ0v) is 26.2. The Hall–Kier alpha value is -2.73. The molecule has 0 radical (unpaired) electrons. The molecule has 1 aliphatic carbocycles. The van der Waals surface area contributed by atoms with Gasteiger partial charge in [-0.05, 0) is 70.9 Å². The Labute approximate surface area is 253 Å². The van der Waals surface area contributed by atoms with Crippen molar-refractivity contribution in [3.63, 3.8) is 0 Å². The number of aromatic nitrogens is 1. The Bertz CT molecular complexity index is 1550. The maximum atomic E-state index is 14.4. The first kappa shape index (κ1) is 28.1. The quantitative estimate of drug-likeness (QED) is 0.474. The van der Waals surface area contributed by atoms with E-state index in [1.54, 1.807) is 18.7 Å². The van der Waals surface area contributed by atoms with E-state index in [1.807, 2.05) is 33.0 Å². The van der Waals surface area contributed by atoms with Crippen molar-refractivity contribution < 1.29 is 24.2 Å². The number of hydrogen-bond acceptors (Lipinski definition) is 6. The van der Waals surface area contributed by atoms with Crippen molar-refractivity contribution in [1.29, 1.82) is 0 Å². The maximum Gasteiger partial charge on any atom is 0.281 e. The first-order chi connectivity index (χ1) is 19.9. The highest BCUT2D eigenvalue weighted by atomic mass is 79.9. The zero-order chi connectivity index (χ0) is 29.9. The molecule has 0 bridgehead atoms. The Balaban J connectivity index is 1.26. The van der Waals surface area contributed by atoms with Crippen LogP contribution in [0.3, 0.4) is 0 Å². The lowest BCUT2D eigenvalue weighted by Gasteiger charge is -2.49. The second kappa shape index (κ2) is 9.38. The molecule has 6 atom stereocenters. The smallest absolute Gasteiger partial charge is 0.281 e. The van der Waals surface area contributed by atoms with Crippen molar-refractivity contribution in [2.24, 2.45) is 17.8 Å². The molecule has 0 unspecified atom stereocenters. The summed E-state index contributed by atoms with van der Waals surface area (Å²) in [7, 11) is 2.02. The molecule has 10 nitrogen and oxygen atoms in total.